The maximum atomic E-state index is 4.08. The molecule has 0 spiro atoms. The van der Waals surface area contributed by atoms with E-state index in [1.54, 1.807) is 0 Å². The topological polar surface area (TPSA) is 24.9 Å². The molecule has 1 heterocycles. The predicted molar refractivity (Wildman–Crippen MR) is 60.1 cm³/mol. The van der Waals surface area contributed by atoms with Crippen LogP contribution in [0.5, 0.6) is 0 Å². The lowest BCUT2D eigenvalue weighted by Gasteiger charge is -2.11. The van der Waals surface area contributed by atoms with Gasteiger partial charge in [0.15, 0.2) is 0 Å². The number of aromatic nitrogens is 1. The zero-order chi connectivity index (χ0) is 10.4. The summed E-state index contributed by atoms with van der Waals surface area (Å²) in [5, 5.41) is 3.47. The van der Waals surface area contributed by atoms with E-state index in [0.717, 1.165) is 19.0 Å². The smallest absolute Gasteiger partial charge is 0.0300 e. The van der Waals surface area contributed by atoms with Crippen LogP contribution in [0.3, 0.4) is 0 Å². The van der Waals surface area contributed by atoms with Gasteiger partial charge in [0, 0.05) is 18.9 Å². The fourth-order valence-corrected chi connectivity index (χ4v) is 1.30. The number of hydrogen-bond donors (Lipinski definition) is 1. The third-order valence-electron chi connectivity index (χ3n) is 2.64. The van der Waals surface area contributed by atoms with Gasteiger partial charge in [-0.3, -0.25) is 4.98 Å². The maximum Gasteiger partial charge on any atom is 0.0300 e. The van der Waals surface area contributed by atoms with Crippen LogP contribution in [0.25, 0.3) is 0 Å². The molecule has 2 nitrogen and oxygen atoms in total. The van der Waals surface area contributed by atoms with Gasteiger partial charge in [-0.1, -0.05) is 20.3 Å². The first-order valence-corrected chi connectivity index (χ1v) is 5.34. The number of pyridine rings is 1. The standard InChI is InChI=1S/C12H20N2/c1-4-10(2)7-14-9-12-5-6-13-8-11(12)3/h5-6,8,10,14H,4,7,9H2,1-3H3. The van der Waals surface area contributed by atoms with Crippen LogP contribution < -0.4 is 5.32 Å². The molecule has 1 rings (SSSR count). The van der Waals surface area contributed by atoms with Crippen molar-refractivity contribution in [2.75, 3.05) is 6.54 Å². The molecule has 0 aliphatic heterocycles. The fourth-order valence-electron chi connectivity index (χ4n) is 1.30. The van der Waals surface area contributed by atoms with Gasteiger partial charge in [-0.05, 0) is 36.6 Å². The van der Waals surface area contributed by atoms with E-state index in [1.807, 2.05) is 12.4 Å². The second kappa shape index (κ2) is 5.76. The number of hydrogen-bond acceptors (Lipinski definition) is 2. The van der Waals surface area contributed by atoms with Gasteiger partial charge in [0.1, 0.15) is 0 Å². The van der Waals surface area contributed by atoms with Crippen LogP contribution in [-0.2, 0) is 6.54 Å². The summed E-state index contributed by atoms with van der Waals surface area (Å²) < 4.78 is 0. The molecular weight excluding hydrogens is 172 g/mol. The van der Waals surface area contributed by atoms with Gasteiger partial charge < -0.3 is 5.32 Å². The lowest BCUT2D eigenvalue weighted by atomic mass is 10.1. The van der Waals surface area contributed by atoms with Gasteiger partial charge in [0.2, 0.25) is 0 Å². The Bertz CT molecular complexity index is 271. The van der Waals surface area contributed by atoms with Gasteiger partial charge in [0.05, 0.1) is 0 Å². The lowest BCUT2D eigenvalue weighted by Crippen LogP contribution is -2.20. The van der Waals surface area contributed by atoms with Crippen molar-refractivity contribution in [3.63, 3.8) is 0 Å². The highest BCUT2D eigenvalue weighted by Gasteiger charge is 1.99. The second-order valence-electron chi connectivity index (χ2n) is 3.95. The first-order chi connectivity index (χ1) is 6.74. The Kier molecular flexibility index (Phi) is 4.60. The Balaban J connectivity index is 2.35. The molecule has 1 aromatic heterocycles. The van der Waals surface area contributed by atoms with Crippen LogP contribution in [0, 0.1) is 12.8 Å². The Hall–Kier alpha value is -0.890. The Morgan fingerprint density at radius 1 is 1.50 bits per heavy atom. The second-order valence-corrected chi connectivity index (χ2v) is 3.95. The van der Waals surface area contributed by atoms with Crippen LogP contribution in [0.4, 0.5) is 0 Å². The predicted octanol–water partition coefficient (Wildman–Crippen LogP) is 2.53. The van der Waals surface area contributed by atoms with Crippen LogP contribution in [0.15, 0.2) is 18.5 Å². The van der Waals surface area contributed by atoms with E-state index in [-0.39, 0.29) is 0 Å². The van der Waals surface area contributed by atoms with Gasteiger partial charge in [0.25, 0.3) is 0 Å². The Labute approximate surface area is 86.8 Å². The van der Waals surface area contributed by atoms with E-state index in [9.17, 15) is 0 Å². The zero-order valence-corrected chi connectivity index (χ0v) is 9.38. The van der Waals surface area contributed by atoms with E-state index in [1.165, 1.54) is 17.5 Å². The summed E-state index contributed by atoms with van der Waals surface area (Å²) in [4.78, 5) is 4.08. The van der Waals surface area contributed by atoms with E-state index < -0.39 is 0 Å². The fraction of sp³-hybridized carbons (Fsp3) is 0.583. The zero-order valence-electron chi connectivity index (χ0n) is 9.38. The van der Waals surface area contributed by atoms with Crippen LogP contribution in [-0.4, -0.2) is 11.5 Å². The molecule has 1 aromatic rings. The first-order valence-electron chi connectivity index (χ1n) is 5.34. The van der Waals surface area contributed by atoms with Crippen molar-refractivity contribution < 1.29 is 0 Å². The van der Waals surface area contributed by atoms with Gasteiger partial charge in [-0.15, -0.1) is 0 Å². The average molecular weight is 192 g/mol. The summed E-state index contributed by atoms with van der Waals surface area (Å²) in [6, 6.07) is 2.08. The quantitative estimate of drug-likeness (QED) is 0.775. The summed E-state index contributed by atoms with van der Waals surface area (Å²) in [6.45, 7) is 8.65. The monoisotopic (exact) mass is 192 g/mol. The summed E-state index contributed by atoms with van der Waals surface area (Å²) in [6.07, 6.45) is 5.01. The van der Waals surface area contributed by atoms with Gasteiger partial charge in [-0.25, -0.2) is 0 Å². The molecule has 1 unspecified atom stereocenters. The maximum absolute atomic E-state index is 4.08. The van der Waals surface area contributed by atoms with Crippen LogP contribution in [0.2, 0.25) is 0 Å². The number of rotatable bonds is 5. The molecule has 0 aromatic carbocycles. The molecule has 2 heteroatoms. The minimum atomic E-state index is 0.761. The molecule has 14 heavy (non-hydrogen) atoms. The number of nitrogens with one attached hydrogen (secondary N) is 1. The third-order valence-corrected chi connectivity index (χ3v) is 2.64. The van der Waals surface area contributed by atoms with E-state index in [0.29, 0.717) is 0 Å². The first kappa shape index (κ1) is 11.2. The third kappa shape index (κ3) is 3.46. The summed E-state index contributed by atoms with van der Waals surface area (Å²) in [7, 11) is 0. The highest BCUT2D eigenvalue weighted by Crippen LogP contribution is 2.05. The van der Waals surface area contributed by atoms with E-state index in [4.69, 9.17) is 0 Å². The largest absolute Gasteiger partial charge is 0.312 e. The van der Waals surface area contributed by atoms with Crippen molar-refractivity contribution in [2.45, 2.75) is 33.7 Å². The molecule has 0 aliphatic rings. The summed E-state index contributed by atoms with van der Waals surface area (Å²) in [5.74, 6) is 0.761. The molecule has 1 atom stereocenters. The minimum Gasteiger partial charge on any atom is -0.312 e. The van der Waals surface area contributed by atoms with Crippen molar-refractivity contribution in [3.05, 3.63) is 29.6 Å². The minimum absolute atomic E-state index is 0.761. The summed E-state index contributed by atoms with van der Waals surface area (Å²) >= 11 is 0. The van der Waals surface area contributed by atoms with Crippen molar-refractivity contribution in [1.82, 2.24) is 10.3 Å². The van der Waals surface area contributed by atoms with Crippen LogP contribution in [0.1, 0.15) is 31.4 Å². The van der Waals surface area contributed by atoms with E-state index in [2.05, 4.69) is 37.1 Å². The molecule has 1 N–H and O–H groups in total. The molecule has 78 valence electrons. The average Bonchev–Trinajstić information content (AvgIpc) is 2.20. The Morgan fingerprint density at radius 2 is 2.29 bits per heavy atom. The van der Waals surface area contributed by atoms with E-state index >= 15 is 0 Å². The number of nitrogens with zero attached hydrogens (tertiary/aromatic N) is 1. The highest BCUT2D eigenvalue weighted by molar-refractivity contribution is 5.21. The van der Waals surface area contributed by atoms with Gasteiger partial charge >= 0.3 is 0 Å². The van der Waals surface area contributed by atoms with Crippen molar-refractivity contribution in [2.24, 2.45) is 5.92 Å². The lowest BCUT2D eigenvalue weighted by molar-refractivity contribution is 0.499. The molecule has 0 radical (unpaired) electrons. The van der Waals surface area contributed by atoms with Crippen LogP contribution >= 0.6 is 0 Å². The summed E-state index contributed by atoms with van der Waals surface area (Å²) in [5.41, 5.74) is 2.62. The molecule has 0 fully saturated rings. The van der Waals surface area contributed by atoms with Crippen molar-refractivity contribution >= 4 is 0 Å². The molecule has 0 amide bonds. The number of aryl methyl sites for hydroxylation is 1. The highest BCUT2D eigenvalue weighted by atomic mass is 14.9. The molecule has 0 saturated carbocycles. The SMILES string of the molecule is CCC(C)CNCc1ccncc1C. The van der Waals surface area contributed by atoms with Gasteiger partial charge in [-0.2, -0.15) is 0 Å². The van der Waals surface area contributed by atoms with Crippen molar-refractivity contribution in [1.29, 1.82) is 0 Å². The normalized spacial score (nSPS) is 12.8. The van der Waals surface area contributed by atoms with Crippen molar-refractivity contribution in [3.8, 4) is 0 Å². The molecule has 0 aliphatic carbocycles. The molecular formula is C12H20N2. The molecule has 0 bridgehead atoms. The molecule has 0 saturated heterocycles. The Morgan fingerprint density at radius 3 is 2.93 bits per heavy atom.